The molecule has 0 aromatic rings. The van der Waals surface area contributed by atoms with Gasteiger partial charge in [0.1, 0.15) is 0 Å². The summed E-state index contributed by atoms with van der Waals surface area (Å²) >= 11 is 0. The normalized spacial score (nSPS) is 13.6. The molecule has 5 nitrogen and oxygen atoms in total. The van der Waals surface area contributed by atoms with E-state index >= 15 is 0 Å². The second-order valence-corrected chi connectivity index (χ2v) is 2.07. The van der Waals surface area contributed by atoms with E-state index in [1.807, 2.05) is 0 Å². The Bertz CT molecular complexity index is 240. The van der Waals surface area contributed by atoms with Gasteiger partial charge in [0.2, 0.25) is 0 Å². The molecule has 0 aromatic heterocycles. The minimum atomic E-state index is -0.968. The smallest absolute Gasteiger partial charge is 0.317 e. The van der Waals surface area contributed by atoms with Crippen LogP contribution < -0.4 is 5.73 Å². The molecule has 0 saturated heterocycles. The SMILES string of the molecule is NCC(=O)O.O=C1C=CC(=O)C=C1. The van der Waals surface area contributed by atoms with E-state index in [4.69, 9.17) is 5.11 Å². The molecular formula is C8H9NO4. The van der Waals surface area contributed by atoms with E-state index in [0.717, 1.165) is 0 Å². The van der Waals surface area contributed by atoms with Crippen molar-refractivity contribution in [1.82, 2.24) is 0 Å². The van der Waals surface area contributed by atoms with Crippen LogP contribution in [0.3, 0.4) is 0 Å². The molecule has 0 amide bonds. The molecule has 0 saturated carbocycles. The number of aliphatic carboxylic acids is 1. The van der Waals surface area contributed by atoms with Gasteiger partial charge in [-0.25, -0.2) is 0 Å². The fourth-order valence-corrected chi connectivity index (χ4v) is 0.440. The third kappa shape index (κ3) is 6.64. The summed E-state index contributed by atoms with van der Waals surface area (Å²) in [6, 6.07) is 0. The van der Waals surface area contributed by atoms with Gasteiger partial charge in [-0.3, -0.25) is 14.4 Å². The molecule has 1 aliphatic rings. The van der Waals surface area contributed by atoms with Crippen molar-refractivity contribution in [3.8, 4) is 0 Å². The number of hydrogen-bond donors (Lipinski definition) is 2. The molecule has 0 spiro atoms. The van der Waals surface area contributed by atoms with Gasteiger partial charge in [-0.05, 0) is 24.3 Å². The number of carbonyl (C=O) groups excluding carboxylic acids is 2. The standard InChI is InChI=1S/C6H4O2.C2H5NO2/c7-5-1-2-6(8)4-3-5;3-1-2(4)5/h1-4H;1,3H2,(H,4,5). The summed E-state index contributed by atoms with van der Waals surface area (Å²) in [7, 11) is 0. The van der Waals surface area contributed by atoms with Crippen LogP contribution in [0, 0.1) is 0 Å². The molecule has 5 heteroatoms. The lowest BCUT2D eigenvalue weighted by atomic mass is 10.2. The average molecular weight is 183 g/mol. The molecule has 0 unspecified atom stereocenters. The number of ketones is 2. The summed E-state index contributed by atoms with van der Waals surface area (Å²) in [6.07, 6.45) is 5.01. The van der Waals surface area contributed by atoms with Crippen molar-refractivity contribution < 1.29 is 19.5 Å². The van der Waals surface area contributed by atoms with Crippen LogP contribution in [0.15, 0.2) is 24.3 Å². The maximum absolute atomic E-state index is 10.3. The Morgan fingerprint density at radius 2 is 1.38 bits per heavy atom. The fraction of sp³-hybridized carbons (Fsp3) is 0.125. The maximum Gasteiger partial charge on any atom is 0.317 e. The van der Waals surface area contributed by atoms with Gasteiger partial charge in [-0.1, -0.05) is 0 Å². The summed E-state index contributed by atoms with van der Waals surface area (Å²) in [5.74, 6) is -1.21. The van der Waals surface area contributed by atoms with Gasteiger partial charge in [0.15, 0.2) is 11.6 Å². The number of allylic oxidation sites excluding steroid dienone is 4. The highest BCUT2D eigenvalue weighted by Gasteiger charge is 1.97. The Labute approximate surface area is 74.5 Å². The highest BCUT2D eigenvalue weighted by molar-refractivity contribution is 6.14. The Balaban J connectivity index is 0.000000252. The van der Waals surface area contributed by atoms with Gasteiger partial charge >= 0.3 is 5.97 Å². The van der Waals surface area contributed by atoms with E-state index in [9.17, 15) is 14.4 Å². The summed E-state index contributed by atoms with van der Waals surface area (Å²) in [6.45, 7) is -0.278. The predicted molar refractivity (Wildman–Crippen MR) is 45.0 cm³/mol. The molecule has 1 rings (SSSR count). The largest absolute Gasteiger partial charge is 0.480 e. The van der Waals surface area contributed by atoms with Crippen molar-refractivity contribution in [3.05, 3.63) is 24.3 Å². The second kappa shape index (κ2) is 5.84. The lowest BCUT2D eigenvalue weighted by Gasteiger charge is -1.87. The first-order chi connectivity index (χ1) is 6.06. The van der Waals surface area contributed by atoms with Crippen molar-refractivity contribution in [2.45, 2.75) is 0 Å². The molecule has 0 aliphatic heterocycles. The van der Waals surface area contributed by atoms with E-state index in [2.05, 4.69) is 5.73 Å². The van der Waals surface area contributed by atoms with Crippen LogP contribution in [-0.4, -0.2) is 29.2 Å². The van der Waals surface area contributed by atoms with Crippen molar-refractivity contribution in [2.24, 2.45) is 5.73 Å². The first-order valence-electron chi connectivity index (χ1n) is 3.42. The molecule has 0 atom stereocenters. The highest BCUT2D eigenvalue weighted by atomic mass is 16.4. The van der Waals surface area contributed by atoms with E-state index in [-0.39, 0.29) is 18.1 Å². The molecule has 0 bridgehead atoms. The van der Waals surface area contributed by atoms with Gasteiger partial charge in [0.05, 0.1) is 6.54 Å². The van der Waals surface area contributed by atoms with Crippen molar-refractivity contribution >= 4 is 17.5 Å². The van der Waals surface area contributed by atoms with Gasteiger partial charge in [0, 0.05) is 0 Å². The Kier molecular flexibility index (Phi) is 5.06. The Morgan fingerprint density at radius 3 is 1.54 bits per heavy atom. The summed E-state index contributed by atoms with van der Waals surface area (Å²) in [5.41, 5.74) is 4.57. The minimum Gasteiger partial charge on any atom is -0.480 e. The quantitative estimate of drug-likeness (QED) is 0.523. The maximum atomic E-state index is 10.3. The van der Waals surface area contributed by atoms with Crippen LogP contribution in [0.1, 0.15) is 0 Å². The zero-order valence-corrected chi connectivity index (χ0v) is 6.77. The van der Waals surface area contributed by atoms with Crippen LogP contribution in [0.2, 0.25) is 0 Å². The number of carboxylic acids is 1. The van der Waals surface area contributed by atoms with Gasteiger partial charge < -0.3 is 10.8 Å². The first-order valence-corrected chi connectivity index (χ1v) is 3.42. The second-order valence-electron chi connectivity index (χ2n) is 2.07. The van der Waals surface area contributed by atoms with Crippen LogP contribution in [-0.2, 0) is 14.4 Å². The molecular weight excluding hydrogens is 174 g/mol. The van der Waals surface area contributed by atoms with Crippen molar-refractivity contribution in [3.63, 3.8) is 0 Å². The lowest BCUT2D eigenvalue weighted by Crippen LogP contribution is -2.10. The summed E-state index contributed by atoms with van der Waals surface area (Å²) in [5, 5.41) is 7.60. The van der Waals surface area contributed by atoms with Crippen LogP contribution >= 0.6 is 0 Å². The van der Waals surface area contributed by atoms with Gasteiger partial charge in [-0.15, -0.1) is 0 Å². The third-order valence-electron chi connectivity index (χ3n) is 0.998. The molecule has 0 radical (unpaired) electrons. The Hall–Kier alpha value is -1.75. The van der Waals surface area contributed by atoms with Crippen LogP contribution in [0.4, 0.5) is 0 Å². The first kappa shape index (κ1) is 11.2. The highest BCUT2D eigenvalue weighted by Crippen LogP contribution is 1.90. The molecule has 1 aliphatic carbocycles. The number of nitrogens with two attached hydrogens (primary N) is 1. The molecule has 3 N–H and O–H groups in total. The van der Waals surface area contributed by atoms with Gasteiger partial charge in [-0.2, -0.15) is 0 Å². The number of carbonyl (C=O) groups is 3. The Morgan fingerprint density at radius 1 is 1.15 bits per heavy atom. The third-order valence-corrected chi connectivity index (χ3v) is 0.998. The van der Waals surface area contributed by atoms with Crippen LogP contribution in [0.25, 0.3) is 0 Å². The van der Waals surface area contributed by atoms with E-state index < -0.39 is 5.97 Å². The number of rotatable bonds is 1. The predicted octanol–water partition coefficient (Wildman–Crippen LogP) is -0.720. The average Bonchev–Trinajstić information content (AvgIpc) is 2.11. The van der Waals surface area contributed by atoms with E-state index in [1.165, 1.54) is 24.3 Å². The molecule has 0 aromatic carbocycles. The van der Waals surface area contributed by atoms with E-state index in [1.54, 1.807) is 0 Å². The zero-order valence-electron chi connectivity index (χ0n) is 6.77. The van der Waals surface area contributed by atoms with Crippen molar-refractivity contribution in [2.75, 3.05) is 6.54 Å². The number of hydrogen-bond acceptors (Lipinski definition) is 4. The molecule has 13 heavy (non-hydrogen) atoms. The van der Waals surface area contributed by atoms with Gasteiger partial charge in [0.25, 0.3) is 0 Å². The topological polar surface area (TPSA) is 97.5 Å². The fourth-order valence-electron chi connectivity index (χ4n) is 0.440. The summed E-state index contributed by atoms with van der Waals surface area (Å²) < 4.78 is 0. The minimum absolute atomic E-state index is 0.121. The molecule has 0 heterocycles. The zero-order chi connectivity index (χ0) is 10.3. The molecule has 0 fully saturated rings. The van der Waals surface area contributed by atoms with E-state index in [0.29, 0.717) is 0 Å². The van der Waals surface area contributed by atoms with Crippen molar-refractivity contribution in [1.29, 1.82) is 0 Å². The molecule has 70 valence electrons. The lowest BCUT2D eigenvalue weighted by molar-refractivity contribution is -0.135. The van der Waals surface area contributed by atoms with Crippen LogP contribution in [0.5, 0.6) is 0 Å². The number of carboxylic acid groups (broad SMARTS) is 1. The summed E-state index contributed by atoms with van der Waals surface area (Å²) in [4.78, 5) is 29.8. The monoisotopic (exact) mass is 183 g/mol.